The van der Waals surface area contributed by atoms with Crippen LogP contribution in [0.15, 0.2) is 46.9 Å². The van der Waals surface area contributed by atoms with Gasteiger partial charge in [-0.1, -0.05) is 23.2 Å². The average molecular weight is 482 g/mol. The van der Waals surface area contributed by atoms with E-state index < -0.39 is 11.9 Å². The van der Waals surface area contributed by atoms with E-state index in [0.717, 1.165) is 5.39 Å². The molecule has 4 rings (SSSR count). The summed E-state index contributed by atoms with van der Waals surface area (Å²) in [5.74, 6) is -0.361. The third-order valence-electron chi connectivity index (χ3n) is 5.14. The van der Waals surface area contributed by atoms with Gasteiger partial charge >= 0.3 is 5.91 Å². The van der Waals surface area contributed by atoms with Crippen LogP contribution in [0.5, 0.6) is 5.75 Å². The number of carbonyl (C=O) groups excluding carboxylic acids is 1. The fraction of sp³-hybridized carbons (Fsp3) is 0.318. The Kier molecular flexibility index (Phi) is 7.17. The highest BCUT2D eigenvalue weighted by molar-refractivity contribution is 6.31. The minimum atomic E-state index is -0.739. The first kappa shape index (κ1) is 22.8. The smallest absolute Gasteiger partial charge is 0.301 e. The van der Waals surface area contributed by atoms with E-state index in [1.807, 2.05) is 5.01 Å². The zero-order valence-corrected chi connectivity index (χ0v) is 18.6. The summed E-state index contributed by atoms with van der Waals surface area (Å²) in [6, 6.07) is 11.0. The Balaban J connectivity index is 1.21. The van der Waals surface area contributed by atoms with Crippen molar-refractivity contribution in [2.75, 3.05) is 39.3 Å². The molecule has 7 nitrogen and oxygen atoms in total. The number of hydrogen-bond acceptors (Lipinski definition) is 6. The molecule has 10 heteroatoms. The second-order valence-electron chi connectivity index (χ2n) is 7.56. The molecule has 2 heterocycles. The molecule has 3 aromatic rings. The first-order valence-corrected chi connectivity index (χ1v) is 10.9. The number of aliphatic hydroxyl groups excluding tert-OH is 1. The van der Waals surface area contributed by atoms with Crippen molar-refractivity contribution in [1.29, 1.82) is 0 Å². The molecule has 0 radical (unpaired) electrons. The maximum Gasteiger partial charge on any atom is 0.301 e. The van der Waals surface area contributed by atoms with Crippen molar-refractivity contribution < 1.29 is 23.4 Å². The molecular formula is C22H22Cl2FN3O4. The second-order valence-corrected chi connectivity index (χ2v) is 8.41. The molecule has 2 aromatic carbocycles. The minimum absolute atomic E-state index is 0.0209. The van der Waals surface area contributed by atoms with Crippen LogP contribution in [0.25, 0.3) is 11.0 Å². The van der Waals surface area contributed by atoms with Gasteiger partial charge in [0.25, 0.3) is 0 Å². The van der Waals surface area contributed by atoms with E-state index in [-0.39, 0.29) is 23.3 Å². The summed E-state index contributed by atoms with van der Waals surface area (Å²) in [5.41, 5.74) is 3.45. The van der Waals surface area contributed by atoms with E-state index in [4.69, 9.17) is 32.4 Å². The van der Waals surface area contributed by atoms with Gasteiger partial charge in [0.15, 0.2) is 5.76 Å². The standard InChI is InChI=1S/C22H22Cl2FN3O4/c23-15-1-4-20-14(9-15)10-21(32-20)22(30)26-28-7-5-27(6-8-28)12-16(29)13-31-17-2-3-18(24)19(25)11-17/h1-4,9-11,16,29H,5-8,12-13H2,(H,26,30)/t16-/m0/s1. The summed E-state index contributed by atoms with van der Waals surface area (Å²) in [6.07, 6.45) is -0.739. The summed E-state index contributed by atoms with van der Waals surface area (Å²) >= 11 is 11.6. The van der Waals surface area contributed by atoms with Crippen molar-refractivity contribution in [3.8, 4) is 5.75 Å². The summed E-state index contributed by atoms with van der Waals surface area (Å²) in [6.45, 7) is 2.93. The van der Waals surface area contributed by atoms with Gasteiger partial charge in [0.1, 0.15) is 29.9 Å². The number of hydrogen-bond donors (Lipinski definition) is 2. The zero-order chi connectivity index (χ0) is 22.7. The predicted octanol–water partition coefficient (Wildman–Crippen LogP) is 3.58. The molecule has 1 fully saturated rings. The Morgan fingerprint density at radius 1 is 1.16 bits per heavy atom. The molecule has 1 atom stereocenters. The quantitative estimate of drug-likeness (QED) is 0.536. The lowest BCUT2D eigenvalue weighted by Crippen LogP contribution is -2.54. The lowest BCUT2D eigenvalue weighted by Gasteiger charge is -2.35. The number of carbonyl (C=O) groups is 1. The number of ether oxygens (including phenoxy) is 1. The maximum atomic E-state index is 13.5. The van der Waals surface area contributed by atoms with E-state index in [0.29, 0.717) is 49.1 Å². The molecule has 0 spiro atoms. The number of benzene rings is 2. The Hall–Kier alpha value is -2.36. The number of rotatable bonds is 7. The van der Waals surface area contributed by atoms with E-state index in [9.17, 15) is 14.3 Å². The van der Waals surface area contributed by atoms with Crippen LogP contribution in [0, 0.1) is 5.82 Å². The Labute approximate surface area is 194 Å². The average Bonchev–Trinajstić information content (AvgIpc) is 3.19. The number of aliphatic hydroxyl groups is 1. The molecule has 2 N–H and O–H groups in total. The van der Waals surface area contributed by atoms with E-state index in [2.05, 4.69) is 10.3 Å². The molecular weight excluding hydrogens is 460 g/mol. The van der Waals surface area contributed by atoms with Gasteiger partial charge in [-0.2, -0.15) is 0 Å². The van der Waals surface area contributed by atoms with Gasteiger partial charge in [-0.3, -0.25) is 15.1 Å². The Morgan fingerprint density at radius 2 is 1.94 bits per heavy atom. The first-order valence-electron chi connectivity index (χ1n) is 10.1. The number of nitrogens with one attached hydrogen (secondary N) is 1. The van der Waals surface area contributed by atoms with Crippen molar-refractivity contribution in [3.63, 3.8) is 0 Å². The molecule has 1 saturated heterocycles. The lowest BCUT2D eigenvalue weighted by atomic mass is 10.2. The highest BCUT2D eigenvalue weighted by Crippen LogP contribution is 2.23. The summed E-state index contributed by atoms with van der Waals surface area (Å²) in [4.78, 5) is 14.6. The highest BCUT2D eigenvalue weighted by atomic mass is 35.5. The molecule has 1 aliphatic rings. The van der Waals surface area contributed by atoms with E-state index >= 15 is 0 Å². The summed E-state index contributed by atoms with van der Waals surface area (Å²) < 4.78 is 24.5. The lowest BCUT2D eigenvalue weighted by molar-refractivity contribution is 0.0310. The van der Waals surface area contributed by atoms with Crippen LogP contribution in [0.2, 0.25) is 10.0 Å². The summed E-state index contributed by atoms with van der Waals surface area (Å²) in [5, 5.41) is 13.4. The molecule has 0 aliphatic carbocycles. The molecule has 0 saturated carbocycles. The van der Waals surface area contributed by atoms with Crippen LogP contribution in [0.4, 0.5) is 4.39 Å². The van der Waals surface area contributed by atoms with Gasteiger partial charge in [-0.25, -0.2) is 9.40 Å². The normalized spacial score (nSPS) is 16.2. The van der Waals surface area contributed by atoms with Crippen molar-refractivity contribution in [2.24, 2.45) is 0 Å². The Morgan fingerprint density at radius 3 is 2.69 bits per heavy atom. The largest absolute Gasteiger partial charge is 0.491 e. The van der Waals surface area contributed by atoms with Crippen molar-refractivity contribution in [1.82, 2.24) is 15.3 Å². The van der Waals surface area contributed by atoms with Crippen LogP contribution in [0.3, 0.4) is 0 Å². The van der Waals surface area contributed by atoms with Gasteiger partial charge in [-0.05, 0) is 36.4 Å². The predicted molar refractivity (Wildman–Crippen MR) is 120 cm³/mol. The zero-order valence-electron chi connectivity index (χ0n) is 17.1. The number of halogens is 3. The van der Waals surface area contributed by atoms with Gasteiger partial charge in [0.05, 0.1) is 5.02 Å². The van der Waals surface area contributed by atoms with Crippen LogP contribution >= 0.6 is 23.2 Å². The van der Waals surface area contributed by atoms with Gasteiger partial charge < -0.3 is 14.3 Å². The number of hydrazine groups is 1. The molecule has 1 aromatic heterocycles. The molecule has 1 amide bonds. The highest BCUT2D eigenvalue weighted by Gasteiger charge is 2.22. The third kappa shape index (κ3) is 5.70. The SMILES string of the molecule is O=C(NN1CCN(C[C@H](O)COc2ccc(Cl)c(F)c2)CC1)c1cc2cc(Cl)ccc2o1. The number of nitrogens with zero attached hydrogens (tertiary/aromatic N) is 2. The Bertz CT molecular complexity index is 1100. The van der Waals surface area contributed by atoms with Crippen LogP contribution in [-0.4, -0.2) is 66.4 Å². The molecule has 0 unspecified atom stereocenters. The van der Waals surface area contributed by atoms with Crippen molar-refractivity contribution in [2.45, 2.75) is 6.10 Å². The fourth-order valence-corrected chi connectivity index (χ4v) is 3.77. The van der Waals surface area contributed by atoms with Gasteiger partial charge in [0, 0.05) is 49.2 Å². The molecule has 170 valence electrons. The first-order chi connectivity index (χ1) is 15.4. The molecule has 1 aliphatic heterocycles. The molecule has 0 bridgehead atoms. The fourth-order valence-electron chi connectivity index (χ4n) is 3.48. The van der Waals surface area contributed by atoms with Crippen molar-refractivity contribution >= 4 is 40.1 Å². The maximum absolute atomic E-state index is 13.5. The number of furan rings is 1. The van der Waals surface area contributed by atoms with Crippen LogP contribution in [-0.2, 0) is 0 Å². The minimum Gasteiger partial charge on any atom is -0.491 e. The van der Waals surface area contributed by atoms with Crippen LogP contribution < -0.4 is 10.2 Å². The monoisotopic (exact) mass is 481 g/mol. The van der Waals surface area contributed by atoms with Crippen LogP contribution in [0.1, 0.15) is 10.6 Å². The number of β-amino-alcohol motifs (C(OH)–C–C–N with tert-alkyl or cyclic N) is 1. The van der Waals surface area contributed by atoms with Gasteiger partial charge in [0.2, 0.25) is 0 Å². The van der Waals surface area contributed by atoms with Crippen molar-refractivity contribution in [3.05, 3.63) is 64.1 Å². The van der Waals surface area contributed by atoms with E-state index in [1.54, 1.807) is 30.3 Å². The number of fused-ring (bicyclic) bond motifs is 1. The second kappa shape index (κ2) is 10.1. The number of amides is 1. The number of piperazine rings is 1. The third-order valence-corrected chi connectivity index (χ3v) is 5.68. The van der Waals surface area contributed by atoms with E-state index in [1.165, 1.54) is 12.1 Å². The van der Waals surface area contributed by atoms with Gasteiger partial charge in [-0.15, -0.1) is 0 Å². The summed E-state index contributed by atoms with van der Waals surface area (Å²) in [7, 11) is 0. The molecule has 32 heavy (non-hydrogen) atoms. The topological polar surface area (TPSA) is 78.2 Å².